The maximum atomic E-state index is 12.2. The predicted molar refractivity (Wildman–Crippen MR) is 78.4 cm³/mol. The van der Waals surface area contributed by atoms with Crippen LogP contribution in [0, 0.1) is 11.3 Å². The summed E-state index contributed by atoms with van der Waals surface area (Å²) in [6.07, 6.45) is 2.95. The Morgan fingerprint density at radius 2 is 2.00 bits per heavy atom. The zero-order chi connectivity index (χ0) is 15.0. The van der Waals surface area contributed by atoms with Crippen molar-refractivity contribution in [1.29, 1.82) is 5.26 Å². The molecule has 6 heteroatoms. The number of nitriles is 1. The summed E-state index contributed by atoms with van der Waals surface area (Å²) in [5.74, 6) is 0. The molecule has 1 aromatic carbocycles. The lowest BCUT2D eigenvalue weighted by Crippen LogP contribution is -2.40. The molecule has 1 rings (SSSR count). The van der Waals surface area contributed by atoms with Gasteiger partial charge in [-0.3, -0.25) is 0 Å². The maximum Gasteiger partial charge on any atom is 0.240 e. The highest BCUT2D eigenvalue weighted by Gasteiger charge is 2.18. The molecule has 5 nitrogen and oxygen atoms in total. The molecule has 1 unspecified atom stereocenters. The summed E-state index contributed by atoms with van der Waals surface area (Å²) in [6.45, 7) is 2.34. The molecule has 0 heterocycles. The summed E-state index contributed by atoms with van der Waals surface area (Å²) in [6, 6.07) is 8.13. The summed E-state index contributed by atoms with van der Waals surface area (Å²) in [5, 5.41) is 8.59. The van der Waals surface area contributed by atoms with Crippen molar-refractivity contribution in [2.45, 2.75) is 43.5 Å². The Bertz CT molecular complexity index is 547. The lowest BCUT2D eigenvalue weighted by molar-refractivity contribution is 0.516. The second-order valence-corrected chi connectivity index (χ2v) is 6.39. The van der Waals surface area contributed by atoms with Gasteiger partial charge in [-0.05, 0) is 24.1 Å². The molecular weight excluding hydrogens is 274 g/mol. The van der Waals surface area contributed by atoms with E-state index in [1.54, 1.807) is 12.1 Å². The molecule has 20 heavy (non-hydrogen) atoms. The standard InChI is InChI=1S/C14H21N3O2S/c1-2-3-4-13(11-16)17-20(18,19)14-7-5-12(6-8-14)9-10-15/h5-8,13,17H,2-4,9,11,16H2,1H3. The van der Waals surface area contributed by atoms with Crippen LogP contribution in [-0.4, -0.2) is 21.0 Å². The van der Waals surface area contributed by atoms with Crippen molar-refractivity contribution < 1.29 is 8.42 Å². The molecule has 1 atom stereocenters. The van der Waals surface area contributed by atoms with Gasteiger partial charge in [-0.15, -0.1) is 0 Å². The van der Waals surface area contributed by atoms with Gasteiger partial charge in [0, 0.05) is 12.6 Å². The maximum absolute atomic E-state index is 12.2. The minimum atomic E-state index is -3.55. The van der Waals surface area contributed by atoms with Crippen LogP contribution in [0.5, 0.6) is 0 Å². The van der Waals surface area contributed by atoms with E-state index in [1.807, 2.05) is 6.07 Å². The number of hydrogen-bond donors (Lipinski definition) is 2. The lowest BCUT2D eigenvalue weighted by Gasteiger charge is -2.16. The number of nitrogens with zero attached hydrogens (tertiary/aromatic N) is 1. The van der Waals surface area contributed by atoms with Crippen LogP contribution in [0.25, 0.3) is 0 Å². The van der Waals surface area contributed by atoms with Gasteiger partial charge in [0.2, 0.25) is 10.0 Å². The number of unbranched alkanes of at least 4 members (excludes halogenated alkanes) is 1. The van der Waals surface area contributed by atoms with Crippen LogP contribution in [0.4, 0.5) is 0 Å². The number of nitrogens with two attached hydrogens (primary N) is 1. The molecule has 0 radical (unpaired) electrons. The molecule has 0 spiro atoms. The Balaban J connectivity index is 2.79. The molecule has 0 aromatic heterocycles. The first-order chi connectivity index (χ1) is 9.53. The normalized spacial score (nSPS) is 12.8. The molecule has 1 aromatic rings. The topological polar surface area (TPSA) is 96.0 Å². The third-order valence-electron chi connectivity index (χ3n) is 3.03. The zero-order valence-corrected chi connectivity index (χ0v) is 12.5. The molecule has 110 valence electrons. The van der Waals surface area contributed by atoms with Crippen molar-refractivity contribution in [3.05, 3.63) is 29.8 Å². The van der Waals surface area contributed by atoms with Crippen molar-refractivity contribution in [2.75, 3.05) is 6.54 Å². The molecule has 0 amide bonds. The average molecular weight is 295 g/mol. The van der Waals surface area contributed by atoms with E-state index in [4.69, 9.17) is 11.0 Å². The second kappa shape index (κ2) is 8.00. The number of sulfonamides is 1. The van der Waals surface area contributed by atoms with Crippen LogP contribution in [0.2, 0.25) is 0 Å². The van der Waals surface area contributed by atoms with E-state index in [0.717, 1.165) is 24.8 Å². The third-order valence-corrected chi connectivity index (χ3v) is 4.57. The van der Waals surface area contributed by atoms with Crippen molar-refractivity contribution in [2.24, 2.45) is 5.73 Å². The second-order valence-electron chi connectivity index (χ2n) is 4.67. The highest BCUT2D eigenvalue weighted by atomic mass is 32.2. The quantitative estimate of drug-likeness (QED) is 0.760. The van der Waals surface area contributed by atoms with E-state index in [-0.39, 0.29) is 23.9 Å². The first-order valence-electron chi connectivity index (χ1n) is 6.71. The van der Waals surface area contributed by atoms with Gasteiger partial charge in [-0.1, -0.05) is 31.9 Å². The van der Waals surface area contributed by atoms with Crippen molar-refractivity contribution >= 4 is 10.0 Å². The average Bonchev–Trinajstić information content (AvgIpc) is 2.44. The largest absolute Gasteiger partial charge is 0.329 e. The van der Waals surface area contributed by atoms with E-state index < -0.39 is 10.0 Å². The summed E-state index contributed by atoms with van der Waals surface area (Å²) in [4.78, 5) is 0.203. The molecule has 0 aliphatic carbocycles. The predicted octanol–water partition coefficient (Wildman–Crippen LogP) is 1.55. The van der Waals surface area contributed by atoms with Gasteiger partial charge in [0.15, 0.2) is 0 Å². The molecule has 0 saturated carbocycles. The van der Waals surface area contributed by atoms with E-state index in [1.165, 1.54) is 12.1 Å². The summed E-state index contributed by atoms with van der Waals surface area (Å²) in [7, 11) is -3.55. The molecular formula is C14H21N3O2S. The minimum Gasteiger partial charge on any atom is -0.329 e. The van der Waals surface area contributed by atoms with Crippen LogP contribution in [0.3, 0.4) is 0 Å². The van der Waals surface area contributed by atoms with Gasteiger partial charge in [-0.2, -0.15) is 5.26 Å². The Kier molecular flexibility index (Phi) is 6.65. The van der Waals surface area contributed by atoms with Gasteiger partial charge >= 0.3 is 0 Å². The summed E-state index contributed by atoms with van der Waals surface area (Å²) in [5.41, 5.74) is 6.40. The van der Waals surface area contributed by atoms with Crippen LogP contribution in [-0.2, 0) is 16.4 Å². The monoisotopic (exact) mass is 295 g/mol. The van der Waals surface area contributed by atoms with E-state index in [2.05, 4.69) is 11.6 Å². The van der Waals surface area contributed by atoms with Gasteiger partial charge in [0.25, 0.3) is 0 Å². The number of rotatable bonds is 8. The first-order valence-corrected chi connectivity index (χ1v) is 8.20. The Labute approximate surface area is 120 Å². The number of hydrogen-bond acceptors (Lipinski definition) is 4. The van der Waals surface area contributed by atoms with Gasteiger partial charge in [0.1, 0.15) is 0 Å². The first kappa shape index (κ1) is 16.6. The SMILES string of the molecule is CCCCC(CN)NS(=O)(=O)c1ccc(CC#N)cc1. The fraction of sp³-hybridized carbons (Fsp3) is 0.500. The van der Waals surface area contributed by atoms with E-state index in [0.29, 0.717) is 0 Å². The van der Waals surface area contributed by atoms with Gasteiger partial charge in [-0.25, -0.2) is 13.1 Å². The van der Waals surface area contributed by atoms with Crippen LogP contribution in [0.1, 0.15) is 31.7 Å². The Hall–Kier alpha value is -1.42. The van der Waals surface area contributed by atoms with Crippen LogP contribution in [0.15, 0.2) is 29.2 Å². The number of benzene rings is 1. The fourth-order valence-corrected chi connectivity index (χ4v) is 3.12. The highest BCUT2D eigenvalue weighted by Crippen LogP contribution is 2.12. The Morgan fingerprint density at radius 3 is 2.50 bits per heavy atom. The lowest BCUT2D eigenvalue weighted by atomic mass is 10.1. The van der Waals surface area contributed by atoms with Crippen LogP contribution < -0.4 is 10.5 Å². The van der Waals surface area contributed by atoms with Crippen LogP contribution >= 0.6 is 0 Å². The number of nitrogens with one attached hydrogen (secondary N) is 1. The van der Waals surface area contributed by atoms with Crippen molar-refractivity contribution in [3.8, 4) is 6.07 Å². The molecule has 3 N–H and O–H groups in total. The van der Waals surface area contributed by atoms with E-state index >= 15 is 0 Å². The Morgan fingerprint density at radius 1 is 1.35 bits per heavy atom. The fourth-order valence-electron chi connectivity index (χ4n) is 1.84. The van der Waals surface area contributed by atoms with Gasteiger partial charge in [0.05, 0.1) is 17.4 Å². The minimum absolute atomic E-state index is 0.203. The van der Waals surface area contributed by atoms with E-state index in [9.17, 15) is 8.42 Å². The molecule has 0 fully saturated rings. The smallest absolute Gasteiger partial charge is 0.240 e. The summed E-state index contributed by atoms with van der Waals surface area (Å²) < 4.78 is 27.0. The third kappa shape index (κ3) is 4.93. The zero-order valence-electron chi connectivity index (χ0n) is 11.7. The van der Waals surface area contributed by atoms with Crippen molar-refractivity contribution in [1.82, 2.24) is 4.72 Å². The van der Waals surface area contributed by atoms with Crippen molar-refractivity contribution in [3.63, 3.8) is 0 Å². The molecule has 0 aliphatic heterocycles. The molecule has 0 saturated heterocycles. The molecule has 0 bridgehead atoms. The highest BCUT2D eigenvalue weighted by molar-refractivity contribution is 7.89. The van der Waals surface area contributed by atoms with Gasteiger partial charge < -0.3 is 5.73 Å². The molecule has 0 aliphatic rings. The summed E-state index contributed by atoms with van der Waals surface area (Å²) >= 11 is 0.